The van der Waals surface area contributed by atoms with Crippen LogP contribution >= 0.6 is 0 Å². The molecule has 0 bridgehead atoms. The van der Waals surface area contributed by atoms with Gasteiger partial charge in [-0.05, 0) is 66.1 Å². The summed E-state index contributed by atoms with van der Waals surface area (Å²) in [5.41, 5.74) is 3.80. The molecule has 2 aliphatic rings. The molecule has 2 aliphatic heterocycles. The summed E-state index contributed by atoms with van der Waals surface area (Å²) in [5.74, 6) is 1.89. The summed E-state index contributed by atoms with van der Waals surface area (Å²) in [6.45, 7) is 6.12. The van der Waals surface area contributed by atoms with Crippen LogP contribution in [0.4, 0.5) is 11.4 Å². The fourth-order valence-corrected chi connectivity index (χ4v) is 5.52. The summed E-state index contributed by atoms with van der Waals surface area (Å²) in [4.78, 5) is 25.4. The Balaban J connectivity index is 1.25. The number of methoxy groups -OCH3 is 1. The Hall–Kier alpha value is -3.99. The normalized spacial score (nSPS) is 19.9. The Morgan fingerprint density at radius 3 is 2.55 bits per heavy atom. The molecule has 0 radical (unpaired) electrons. The van der Waals surface area contributed by atoms with Crippen molar-refractivity contribution >= 4 is 17.3 Å². The van der Waals surface area contributed by atoms with Gasteiger partial charge < -0.3 is 34.5 Å². The lowest BCUT2D eigenvalue weighted by Crippen LogP contribution is -2.48. The molecule has 3 aromatic rings. The number of carbonyl (C=O) groups excluding carboxylic acids is 1. The van der Waals surface area contributed by atoms with Crippen LogP contribution in [0.15, 0.2) is 71.9 Å². The zero-order valence-electron chi connectivity index (χ0n) is 24.1. The van der Waals surface area contributed by atoms with E-state index in [-0.39, 0.29) is 17.9 Å². The van der Waals surface area contributed by atoms with Gasteiger partial charge in [0, 0.05) is 51.9 Å². The second kappa shape index (κ2) is 14.3. The molecule has 0 saturated carbocycles. The maximum atomic E-state index is 11.8. The van der Waals surface area contributed by atoms with Crippen molar-refractivity contribution in [1.29, 1.82) is 0 Å². The van der Waals surface area contributed by atoms with Gasteiger partial charge in [-0.1, -0.05) is 23.4 Å². The van der Waals surface area contributed by atoms with Crippen LogP contribution in [0, 0.1) is 4.91 Å². The van der Waals surface area contributed by atoms with Crippen molar-refractivity contribution in [2.75, 3.05) is 56.7 Å². The minimum absolute atomic E-state index is 0.125. The van der Waals surface area contributed by atoms with Crippen LogP contribution in [-0.4, -0.2) is 64.6 Å². The zero-order chi connectivity index (χ0) is 29.3. The Morgan fingerprint density at radius 2 is 1.83 bits per heavy atom. The van der Waals surface area contributed by atoms with Gasteiger partial charge in [-0.25, -0.2) is 0 Å². The van der Waals surface area contributed by atoms with Crippen LogP contribution in [0.3, 0.4) is 0 Å². The standard InChI is InChI=1S/C32H38N4O6/c1-22(37)34-25-7-11-27(12-8-25)42-26-9-5-24(6-10-26)32-28(35-38)19-33-20-31(32)41-21-23-4-13-30-29(18-23)36(15-17-40-30)14-3-16-39-2/h4-13,18,28,31-33H,3,14-17,19-21H2,1-2H3,(H,34,37)/t28-,31+,32?/m1/s1. The van der Waals surface area contributed by atoms with Gasteiger partial charge >= 0.3 is 0 Å². The van der Waals surface area contributed by atoms with Gasteiger partial charge in [0.05, 0.1) is 24.9 Å². The predicted octanol–water partition coefficient (Wildman–Crippen LogP) is 5.08. The Bertz CT molecular complexity index is 1330. The third-order valence-electron chi connectivity index (χ3n) is 7.55. The van der Waals surface area contributed by atoms with Gasteiger partial charge in [0.25, 0.3) is 0 Å². The van der Waals surface area contributed by atoms with E-state index in [0.717, 1.165) is 48.7 Å². The van der Waals surface area contributed by atoms with Crippen LogP contribution in [0.2, 0.25) is 0 Å². The molecule has 0 aliphatic carbocycles. The molecule has 1 saturated heterocycles. The van der Waals surface area contributed by atoms with E-state index in [9.17, 15) is 9.70 Å². The third kappa shape index (κ3) is 7.44. The van der Waals surface area contributed by atoms with E-state index >= 15 is 0 Å². The van der Waals surface area contributed by atoms with E-state index < -0.39 is 6.04 Å². The number of nitroso groups, excluding NO2 is 1. The van der Waals surface area contributed by atoms with Gasteiger partial charge in [0.2, 0.25) is 5.91 Å². The molecule has 1 fully saturated rings. The topological polar surface area (TPSA) is 111 Å². The molecule has 1 amide bonds. The lowest BCUT2D eigenvalue weighted by Gasteiger charge is -2.36. The van der Waals surface area contributed by atoms with Crippen LogP contribution in [0.5, 0.6) is 17.2 Å². The smallest absolute Gasteiger partial charge is 0.221 e. The van der Waals surface area contributed by atoms with E-state index in [1.54, 1.807) is 31.4 Å². The van der Waals surface area contributed by atoms with Crippen molar-refractivity contribution in [3.63, 3.8) is 0 Å². The second-order valence-electron chi connectivity index (χ2n) is 10.6. The number of carbonyl (C=O) groups is 1. The number of nitrogens with zero attached hydrogens (tertiary/aromatic N) is 2. The van der Waals surface area contributed by atoms with Crippen molar-refractivity contribution < 1.29 is 23.7 Å². The van der Waals surface area contributed by atoms with Gasteiger partial charge in [-0.3, -0.25) is 4.79 Å². The summed E-state index contributed by atoms with van der Waals surface area (Å²) in [5, 5.41) is 9.49. The Kier molecular flexibility index (Phi) is 10.0. The van der Waals surface area contributed by atoms with Crippen molar-refractivity contribution in [1.82, 2.24) is 5.32 Å². The predicted molar refractivity (Wildman–Crippen MR) is 162 cm³/mol. The first-order valence-corrected chi connectivity index (χ1v) is 14.3. The van der Waals surface area contributed by atoms with Crippen LogP contribution in [-0.2, 0) is 20.9 Å². The number of benzene rings is 3. The van der Waals surface area contributed by atoms with Crippen molar-refractivity contribution in [3.8, 4) is 17.2 Å². The van der Waals surface area contributed by atoms with E-state index in [0.29, 0.717) is 43.5 Å². The van der Waals surface area contributed by atoms with E-state index in [1.807, 2.05) is 36.4 Å². The zero-order valence-corrected chi connectivity index (χ0v) is 24.1. The summed E-state index contributed by atoms with van der Waals surface area (Å²) < 4.78 is 23.6. The number of hydrogen-bond donors (Lipinski definition) is 2. The average molecular weight is 575 g/mol. The van der Waals surface area contributed by atoms with Crippen LogP contribution in [0.25, 0.3) is 0 Å². The second-order valence-corrected chi connectivity index (χ2v) is 10.6. The molecular weight excluding hydrogens is 536 g/mol. The monoisotopic (exact) mass is 574 g/mol. The molecule has 0 spiro atoms. The minimum Gasteiger partial charge on any atom is -0.490 e. The number of amides is 1. The van der Waals surface area contributed by atoms with E-state index in [1.165, 1.54) is 6.92 Å². The molecule has 3 aromatic carbocycles. The highest BCUT2D eigenvalue weighted by molar-refractivity contribution is 5.88. The summed E-state index contributed by atoms with van der Waals surface area (Å²) in [6.07, 6.45) is 0.709. The van der Waals surface area contributed by atoms with Gasteiger partial charge in [-0.15, -0.1) is 0 Å². The minimum atomic E-state index is -0.454. The third-order valence-corrected chi connectivity index (χ3v) is 7.55. The van der Waals surface area contributed by atoms with Crippen LogP contribution in [0.1, 0.15) is 30.4 Å². The number of rotatable bonds is 12. The van der Waals surface area contributed by atoms with Crippen molar-refractivity contribution in [2.45, 2.75) is 38.0 Å². The van der Waals surface area contributed by atoms with Crippen LogP contribution < -0.4 is 25.0 Å². The lowest BCUT2D eigenvalue weighted by atomic mass is 9.84. The number of ether oxygens (including phenoxy) is 4. The fourth-order valence-electron chi connectivity index (χ4n) is 5.52. The number of fused-ring (bicyclic) bond motifs is 1. The van der Waals surface area contributed by atoms with Crippen molar-refractivity contribution in [2.24, 2.45) is 5.18 Å². The molecular formula is C32H38N4O6. The molecule has 42 heavy (non-hydrogen) atoms. The molecule has 222 valence electrons. The van der Waals surface area contributed by atoms with Gasteiger partial charge in [-0.2, -0.15) is 4.91 Å². The molecule has 1 unspecified atom stereocenters. The molecule has 0 aromatic heterocycles. The fraction of sp³-hybridized carbons (Fsp3) is 0.406. The van der Waals surface area contributed by atoms with E-state index in [2.05, 4.69) is 26.8 Å². The first-order chi connectivity index (χ1) is 20.5. The highest BCUT2D eigenvalue weighted by Crippen LogP contribution is 2.35. The highest BCUT2D eigenvalue weighted by Gasteiger charge is 2.36. The lowest BCUT2D eigenvalue weighted by molar-refractivity contribution is -0.114. The molecule has 3 atom stereocenters. The highest BCUT2D eigenvalue weighted by atomic mass is 16.5. The summed E-state index contributed by atoms with van der Waals surface area (Å²) in [6, 6.07) is 20.6. The Morgan fingerprint density at radius 1 is 1.07 bits per heavy atom. The molecule has 10 heteroatoms. The first-order valence-electron chi connectivity index (χ1n) is 14.3. The molecule has 2 N–H and O–H groups in total. The number of anilines is 2. The van der Waals surface area contributed by atoms with E-state index in [4.69, 9.17) is 18.9 Å². The van der Waals surface area contributed by atoms with Gasteiger partial charge in [0.15, 0.2) is 0 Å². The molecule has 10 nitrogen and oxygen atoms in total. The summed E-state index contributed by atoms with van der Waals surface area (Å²) >= 11 is 0. The van der Waals surface area contributed by atoms with Gasteiger partial charge in [0.1, 0.15) is 29.9 Å². The maximum Gasteiger partial charge on any atom is 0.221 e. The number of hydrogen-bond acceptors (Lipinski definition) is 9. The first kappa shape index (κ1) is 29.5. The maximum absolute atomic E-state index is 11.8. The number of piperidine rings is 1. The largest absolute Gasteiger partial charge is 0.490 e. The quantitative estimate of drug-likeness (QED) is 0.228. The SMILES string of the molecule is COCCCN1CCOc2ccc(CO[C@H]3CNC[C@@H](N=O)C3c3ccc(Oc4ccc(NC(C)=O)cc4)cc3)cc21. The Labute approximate surface area is 246 Å². The summed E-state index contributed by atoms with van der Waals surface area (Å²) in [7, 11) is 1.72. The molecule has 5 rings (SSSR count). The average Bonchev–Trinajstić information content (AvgIpc) is 3.01. The molecule has 2 heterocycles. The number of nitrogens with one attached hydrogen (secondary N) is 2. The van der Waals surface area contributed by atoms with Crippen molar-refractivity contribution in [3.05, 3.63) is 82.8 Å².